The first kappa shape index (κ1) is 18.3. The van der Waals surface area contributed by atoms with Gasteiger partial charge >= 0.3 is 5.97 Å². The number of aromatic nitrogens is 4. The summed E-state index contributed by atoms with van der Waals surface area (Å²) < 4.78 is 7.17. The second-order valence-corrected chi connectivity index (χ2v) is 7.00. The number of rotatable bonds is 4. The summed E-state index contributed by atoms with van der Waals surface area (Å²) in [5, 5.41) is 14.7. The van der Waals surface area contributed by atoms with E-state index < -0.39 is 5.97 Å². The van der Waals surface area contributed by atoms with Gasteiger partial charge in [-0.25, -0.2) is 19.3 Å². The molecule has 0 atom stereocenters. The molecule has 0 saturated carbocycles. The number of hydrogen-bond acceptors (Lipinski definition) is 6. The molecule has 1 aliphatic rings. The highest BCUT2D eigenvalue weighted by Gasteiger charge is 2.16. The number of ether oxygens (including phenoxy) is 1. The van der Waals surface area contributed by atoms with Crippen molar-refractivity contribution in [2.75, 3.05) is 31.2 Å². The Morgan fingerprint density at radius 3 is 2.77 bits per heavy atom. The van der Waals surface area contributed by atoms with E-state index in [0.717, 1.165) is 35.3 Å². The second-order valence-electron chi connectivity index (χ2n) is 7.00. The van der Waals surface area contributed by atoms with Crippen LogP contribution in [0.3, 0.4) is 0 Å². The van der Waals surface area contributed by atoms with Crippen molar-refractivity contribution < 1.29 is 14.6 Å². The summed E-state index contributed by atoms with van der Waals surface area (Å²) in [6, 6.07) is 11.1. The lowest BCUT2D eigenvalue weighted by Crippen LogP contribution is -2.36. The van der Waals surface area contributed by atoms with Crippen LogP contribution < -0.4 is 4.90 Å². The summed E-state index contributed by atoms with van der Waals surface area (Å²) in [5.41, 5.74) is 3.72. The highest BCUT2D eigenvalue weighted by atomic mass is 16.5. The van der Waals surface area contributed by atoms with E-state index in [-0.39, 0.29) is 5.56 Å². The lowest BCUT2D eigenvalue weighted by Gasteiger charge is -2.28. The minimum atomic E-state index is -1.01. The maximum absolute atomic E-state index is 11.7. The minimum Gasteiger partial charge on any atom is -0.478 e. The van der Waals surface area contributed by atoms with Gasteiger partial charge in [-0.1, -0.05) is 18.2 Å². The van der Waals surface area contributed by atoms with Gasteiger partial charge in [0.05, 0.1) is 53.8 Å². The molecule has 3 aromatic heterocycles. The van der Waals surface area contributed by atoms with Crippen molar-refractivity contribution >= 4 is 40.4 Å². The zero-order chi connectivity index (χ0) is 20.5. The number of anilines is 1. The highest BCUT2D eigenvalue weighted by molar-refractivity contribution is 5.97. The Bertz CT molecular complexity index is 1270. The number of morpholine rings is 1. The number of carbonyl (C=O) groups is 1. The maximum Gasteiger partial charge on any atom is 0.337 e. The van der Waals surface area contributed by atoms with Crippen LogP contribution in [0.4, 0.5) is 5.69 Å². The average molecular weight is 401 g/mol. The Hall–Kier alpha value is -3.78. The fourth-order valence-corrected chi connectivity index (χ4v) is 3.63. The monoisotopic (exact) mass is 401 g/mol. The minimum absolute atomic E-state index is 0.154. The molecule has 0 spiro atoms. The van der Waals surface area contributed by atoms with E-state index in [1.807, 2.05) is 36.5 Å². The van der Waals surface area contributed by atoms with E-state index in [1.54, 1.807) is 28.9 Å². The molecule has 0 unspecified atom stereocenters. The zero-order valence-corrected chi connectivity index (χ0v) is 16.1. The van der Waals surface area contributed by atoms with Gasteiger partial charge in [0, 0.05) is 18.5 Å². The van der Waals surface area contributed by atoms with Crippen LogP contribution in [0.5, 0.6) is 0 Å². The Kier molecular flexibility index (Phi) is 4.61. The molecule has 0 radical (unpaired) electrons. The van der Waals surface area contributed by atoms with Gasteiger partial charge in [-0.05, 0) is 30.4 Å². The van der Waals surface area contributed by atoms with Gasteiger partial charge in [-0.15, -0.1) is 0 Å². The molecule has 8 nitrogen and oxygen atoms in total. The van der Waals surface area contributed by atoms with Crippen LogP contribution in [0.25, 0.3) is 28.7 Å². The summed E-state index contributed by atoms with van der Waals surface area (Å²) in [7, 11) is 0. The van der Waals surface area contributed by atoms with Crippen molar-refractivity contribution in [2.24, 2.45) is 0 Å². The summed E-state index contributed by atoms with van der Waals surface area (Å²) >= 11 is 0. The van der Waals surface area contributed by atoms with E-state index in [1.165, 1.54) is 0 Å². The van der Waals surface area contributed by atoms with Crippen LogP contribution in [0, 0.1) is 0 Å². The van der Waals surface area contributed by atoms with Crippen molar-refractivity contribution in [2.45, 2.75) is 0 Å². The van der Waals surface area contributed by atoms with Crippen LogP contribution in [0.15, 0.2) is 48.8 Å². The Morgan fingerprint density at radius 1 is 1.10 bits per heavy atom. The topological polar surface area (TPSA) is 92.8 Å². The summed E-state index contributed by atoms with van der Waals surface area (Å²) in [6.07, 6.45) is 7.02. The molecule has 4 aromatic rings. The lowest BCUT2D eigenvalue weighted by atomic mass is 10.1. The molecule has 1 N–H and O–H groups in total. The third kappa shape index (κ3) is 3.37. The fraction of sp³-hybridized carbons (Fsp3) is 0.182. The quantitative estimate of drug-likeness (QED) is 0.562. The number of carboxylic acid groups (broad SMARTS) is 1. The van der Waals surface area contributed by atoms with Crippen molar-refractivity contribution in [3.05, 3.63) is 65.7 Å². The van der Waals surface area contributed by atoms with Gasteiger partial charge in [0.15, 0.2) is 5.65 Å². The van der Waals surface area contributed by atoms with Crippen LogP contribution in [0.2, 0.25) is 0 Å². The molecule has 5 rings (SSSR count). The smallest absolute Gasteiger partial charge is 0.337 e. The van der Waals surface area contributed by atoms with Gasteiger partial charge in [0.2, 0.25) is 0 Å². The van der Waals surface area contributed by atoms with Gasteiger partial charge in [-0.2, -0.15) is 5.10 Å². The standard InChI is InChI=1S/C22H19N5O3/c28-22(29)17-13-15-3-1-2-4-18(15)25-19(17)6-5-16-14-27-21(24-16)20(7-8-23-27)26-9-11-30-12-10-26/h1-8,13-14H,9-12H2,(H,28,29)/b6-5+. The third-order valence-electron chi connectivity index (χ3n) is 5.11. The maximum atomic E-state index is 11.7. The molecule has 1 fully saturated rings. The number of hydrogen-bond donors (Lipinski definition) is 1. The summed E-state index contributed by atoms with van der Waals surface area (Å²) in [5.74, 6) is -1.01. The average Bonchev–Trinajstić information content (AvgIpc) is 3.20. The first-order chi connectivity index (χ1) is 14.7. The van der Waals surface area contributed by atoms with Gasteiger partial charge in [-0.3, -0.25) is 0 Å². The number of imidazole rings is 1. The molecule has 30 heavy (non-hydrogen) atoms. The van der Waals surface area contributed by atoms with Crippen molar-refractivity contribution in [3.8, 4) is 0 Å². The number of fused-ring (bicyclic) bond motifs is 2. The molecule has 4 heterocycles. The molecular formula is C22H19N5O3. The lowest BCUT2D eigenvalue weighted by molar-refractivity contribution is 0.0696. The molecule has 0 amide bonds. The summed E-state index contributed by atoms with van der Waals surface area (Å²) in [6.45, 7) is 2.99. The number of carboxylic acids is 1. The van der Waals surface area contributed by atoms with Crippen molar-refractivity contribution in [1.82, 2.24) is 19.6 Å². The Balaban J connectivity index is 1.53. The third-order valence-corrected chi connectivity index (χ3v) is 5.11. The molecule has 150 valence electrons. The molecular weight excluding hydrogens is 382 g/mol. The largest absolute Gasteiger partial charge is 0.478 e. The van der Waals surface area contributed by atoms with Crippen molar-refractivity contribution in [3.63, 3.8) is 0 Å². The SMILES string of the molecule is O=C(O)c1cc2ccccc2nc1/C=C/c1cn2nccc(N3CCOCC3)c2n1. The van der Waals surface area contributed by atoms with Crippen LogP contribution in [0.1, 0.15) is 21.7 Å². The predicted octanol–water partition coefficient (Wildman–Crippen LogP) is 2.98. The Labute approximate surface area is 172 Å². The summed E-state index contributed by atoms with van der Waals surface area (Å²) in [4.78, 5) is 23.2. The van der Waals surface area contributed by atoms with Gasteiger partial charge in [0.25, 0.3) is 0 Å². The number of nitrogens with zero attached hydrogens (tertiary/aromatic N) is 5. The number of pyridine rings is 1. The van der Waals surface area contributed by atoms with E-state index >= 15 is 0 Å². The van der Waals surface area contributed by atoms with Gasteiger partial charge < -0.3 is 14.7 Å². The molecule has 1 saturated heterocycles. The van der Waals surface area contributed by atoms with Crippen LogP contribution >= 0.6 is 0 Å². The van der Waals surface area contributed by atoms with E-state index in [2.05, 4.69) is 15.0 Å². The Morgan fingerprint density at radius 2 is 1.93 bits per heavy atom. The molecule has 0 aliphatic carbocycles. The predicted molar refractivity (Wildman–Crippen MR) is 114 cm³/mol. The molecule has 1 aromatic carbocycles. The van der Waals surface area contributed by atoms with E-state index in [4.69, 9.17) is 9.72 Å². The second kappa shape index (κ2) is 7.57. The molecule has 8 heteroatoms. The number of aromatic carboxylic acids is 1. The highest BCUT2D eigenvalue weighted by Crippen LogP contribution is 2.23. The van der Waals surface area contributed by atoms with Crippen LogP contribution in [-0.4, -0.2) is 57.0 Å². The fourth-order valence-electron chi connectivity index (χ4n) is 3.63. The molecule has 1 aliphatic heterocycles. The van der Waals surface area contributed by atoms with Crippen molar-refractivity contribution in [1.29, 1.82) is 0 Å². The number of para-hydroxylation sites is 1. The zero-order valence-electron chi connectivity index (χ0n) is 16.1. The van der Waals surface area contributed by atoms with E-state index in [9.17, 15) is 9.90 Å². The first-order valence-electron chi connectivity index (χ1n) is 9.67. The first-order valence-corrected chi connectivity index (χ1v) is 9.67. The number of benzene rings is 1. The van der Waals surface area contributed by atoms with E-state index in [0.29, 0.717) is 24.6 Å². The molecule has 0 bridgehead atoms. The normalized spacial score (nSPS) is 14.7. The van der Waals surface area contributed by atoms with Crippen LogP contribution in [-0.2, 0) is 4.74 Å². The van der Waals surface area contributed by atoms with Gasteiger partial charge in [0.1, 0.15) is 0 Å².